The molecule has 0 saturated carbocycles. The molecule has 0 fully saturated rings. The zero-order valence-corrected chi connectivity index (χ0v) is 14.9. The van der Waals surface area contributed by atoms with Crippen LogP contribution in [0, 0.1) is 12.3 Å². The van der Waals surface area contributed by atoms with Crippen LogP contribution in [0.3, 0.4) is 0 Å². The molecule has 0 radical (unpaired) electrons. The van der Waals surface area contributed by atoms with Gasteiger partial charge in [0.05, 0.1) is 33.2 Å². The van der Waals surface area contributed by atoms with Crippen molar-refractivity contribution in [1.82, 2.24) is 4.57 Å². The van der Waals surface area contributed by atoms with Crippen LogP contribution in [0.5, 0.6) is 0 Å². The number of thiophene rings is 1. The number of aromatic nitrogens is 1. The molecule has 0 aliphatic heterocycles. The number of hydrogen-bond donors (Lipinski definition) is 0. The van der Waals surface area contributed by atoms with Crippen LogP contribution in [0.1, 0.15) is 4.88 Å². The Morgan fingerprint density at radius 1 is 1.30 bits per heavy atom. The SMILES string of the molecule is C#CCn1c(=NC(=O)Cc2cccs2)sc2c(Cl)ccc(Cl)c21. The molecular weight excluding hydrogens is 371 g/mol. The van der Waals surface area contributed by atoms with E-state index in [2.05, 4.69) is 10.9 Å². The highest BCUT2D eigenvalue weighted by atomic mass is 35.5. The Hall–Kier alpha value is -1.58. The minimum absolute atomic E-state index is 0.225. The zero-order valence-electron chi connectivity index (χ0n) is 11.8. The molecule has 0 atom stereocenters. The van der Waals surface area contributed by atoms with E-state index in [1.165, 1.54) is 22.7 Å². The van der Waals surface area contributed by atoms with Crippen molar-refractivity contribution in [1.29, 1.82) is 0 Å². The third-order valence-corrected chi connectivity index (χ3v) is 5.82. The summed E-state index contributed by atoms with van der Waals surface area (Å²) in [5.74, 6) is 2.34. The molecule has 3 aromatic rings. The van der Waals surface area contributed by atoms with Crippen LogP contribution in [-0.2, 0) is 17.8 Å². The van der Waals surface area contributed by atoms with Gasteiger partial charge in [0.1, 0.15) is 0 Å². The van der Waals surface area contributed by atoms with Crippen molar-refractivity contribution in [2.75, 3.05) is 0 Å². The Morgan fingerprint density at radius 3 is 2.78 bits per heavy atom. The Morgan fingerprint density at radius 2 is 2.09 bits per heavy atom. The van der Waals surface area contributed by atoms with E-state index in [9.17, 15) is 4.79 Å². The molecule has 0 bridgehead atoms. The van der Waals surface area contributed by atoms with Crippen molar-refractivity contribution in [3.8, 4) is 12.3 Å². The molecule has 0 saturated heterocycles. The van der Waals surface area contributed by atoms with Crippen molar-refractivity contribution in [2.24, 2.45) is 4.99 Å². The molecule has 3 rings (SSSR count). The Bertz CT molecular complexity index is 978. The molecular formula is C16H10Cl2N2OS2. The topological polar surface area (TPSA) is 34.4 Å². The maximum Gasteiger partial charge on any atom is 0.253 e. The molecule has 0 unspecified atom stereocenters. The van der Waals surface area contributed by atoms with Gasteiger partial charge in [0.25, 0.3) is 5.91 Å². The minimum Gasteiger partial charge on any atom is -0.303 e. The normalized spacial score (nSPS) is 11.8. The van der Waals surface area contributed by atoms with Gasteiger partial charge in [0.2, 0.25) is 0 Å². The molecule has 23 heavy (non-hydrogen) atoms. The molecule has 1 amide bonds. The molecule has 7 heteroatoms. The highest BCUT2D eigenvalue weighted by molar-refractivity contribution is 7.17. The molecule has 3 nitrogen and oxygen atoms in total. The van der Waals surface area contributed by atoms with Crippen LogP contribution in [-0.4, -0.2) is 10.5 Å². The smallest absolute Gasteiger partial charge is 0.253 e. The van der Waals surface area contributed by atoms with E-state index in [0.29, 0.717) is 20.4 Å². The third-order valence-electron chi connectivity index (χ3n) is 3.10. The lowest BCUT2D eigenvalue weighted by Gasteiger charge is -2.02. The van der Waals surface area contributed by atoms with E-state index < -0.39 is 0 Å². The summed E-state index contributed by atoms with van der Waals surface area (Å²) in [5.41, 5.74) is 0.713. The van der Waals surface area contributed by atoms with Gasteiger partial charge in [-0.25, -0.2) is 0 Å². The van der Waals surface area contributed by atoms with Gasteiger partial charge < -0.3 is 4.57 Å². The Balaban J connectivity index is 2.13. The second-order valence-electron chi connectivity index (χ2n) is 4.64. The van der Waals surface area contributed by atoms with Gasteiger partial charge in [0, 0.05) is 4.88 Å². The van der Waals surface area contributed by atoms with Crippen molar-refractivity contribution >= 4 is 62.0 Å². The highest BCUT2D eigenvalue weighted by Crippen LogP contribution is 2.31. The lowest BCUT2D eigenvalue weighted by molar-refractivity contribution is -0.117. The predicted molar refractivity (Wildman–Crippen MR) is 97.3 cm³/mol. The quantitative estimate of drug-likeness (QED) is 0.621. The first kappa shape index (κ1) is 16.3. The maximum atomic E-state index is 12.2. The number of terminal acetylenes is 1. The molecule has 0 spiro atoms. The molecule has 1 aromatic carbocycles. The summed E-state index contributed by atoms with van der Waals surface area (Å²) in [6.07, 6.45) is 5.71. The minimum atomic E-state index is -0.225. The van der Waals surface area contributed by atoms with E-state index in [0.717, 1.165) is 9.58 Å². The number of hydrogen-bond acceptors (Lipinski definition) is 3. The number of carbonyl (C=O) groups is 1. The summed E-state index contributed by atoms with van der Waals surface area (Å²) in [6, 6.07) is 7.25. The first-order chi connectivity index (χ1) is 11.1. The molecule has 0 N–H and O–H groups in total. The van der Waals surface area contributed by atoms with Crippen LogP contribution in [0.4, 0.5) is 0 Å². The monoisotopic (exact) mass is 380 g/mol. The number of benzene rings is 1. The van der Waals surface area contributed by atoms with Crippen molar-refractivity contribution in [3.63, 3.8) is 0 Å². The van der Waals surface area contributed by atoms with E-state index in [1.807, 2.05) is 17.5 Å². The predicted octanol–water partition coefficient (Wildman–Crippen LogP) is 4.37. The Labute approximate surface area is 150 Å². The Kier molecular flexibility index (Phi) is 4.88. The van der Waals surface area contributed by atoms with Gasteiger partial charge in [0.15, 0.2) is 4.80 Å². The average Bonchev–Trinajstić information content (AvgIpc) is 3.13. The maximum absolute atomic E-state index is 12.2. The number of thiazole rings is 1. The van der Waals surface area contributed by atoms with E-state index >= 15 is 0 Å². The fraction of sp³-hybridized carbons (Fsp3) is 0.125. The van der Waals surface area contributed by atoms with Crippen LogP contribution in [0.15, 0.2) is 34.6 Å². The number of rotatable bonds is 3. The van der Waals surface area contributed by atoms with Crippen molar-refractivity contribution in [2.45, 2.75) is 13.0 Å². The number of carbonyl (C=O) groups excluding carboxylic acids is 1. The van der Waals surface area contributed by atoms with Crippen molar-refractivity contribution in [3.05, 3.63) is 49.4 Å². The largest absolute Gasteiger partial charge is 0.303 e. The number of amides is 1. The van der Waals surface area contributed by atoms with E-state index in [-0.39, 0.29) is 18.9 Å². The zero-order chi connectivity index (χ0) is 16.4. The van der Waals surface area contributed by atoms with Crippen molar-refractivity contribution < 1.29 is 4.79 Å². The molecule has 2 aromatic heterocycles. The summed E-state index contributed by atoms with van der Waals surface area (Å²) in [7, 11) is 0. The molecule has 0 aliphatic carbocycles. The summed E-state index contributed by atoms with van der Waals surface area (Å²) in [4.78, 5) is 17.9. The van der Waals surface area contributed by atoms with Gasteiger partial charge >= 0.3 is 0 Å². The summed E-state index contributed by atoms with van der Waals surface area (Å²) < 4.78 is 2.53. The van der Waals surface area contributed by atoms with Gasteiger partial charge in [-0.15, -0.1) is 17.8 Å². The van der Waals surface area contributed by atoms with E-state index in [4.69, 9.17) is 29.6 Å². The van der Waals surface area contributed by atoms with E-state index in [1.54, 1.807) is 16.7 Å². The standard InChI is InChI=1S/C16H10Cl2N2OS2/c1-2-7-20-14-11(17)5-6-12(18)15(14)23-16(20)19-13(21)9-10-4-3-8-22-10/h1,3-6,8H,7,9H2. The number of halogens is 2. The van der Waals surface area contributed by atoms with Crippen LogP contribution < -0.4 is 4.80 Å². The summed E-state index contributed by atoms with van der Waals surface area (Å²) in [6.45, 7) is 0.269. The van der Waals surface area contributed by atoms with Crippen LogP contribution >= 0.6 is 45.9 Å². The van der Waals surface area contributed by atoms with Crippen LogP contribution in [0.25, 0.3) is 10.2 Å². The number of fused-ring (bicyclic) bond motifs is 1. The highest BCUT2D eigenvalue weighted by Gasteiger charge is 2.13. The molecule has 0 aliphatic rings. The average molecular weight is 381 g/mol. The van der Waals surface area contributed by atoms with Crippen LogP contribution in [0.2, 0.25) is 10.0 Å². The van der Waals surface area contributed by atoms with Gasteiger partial charge in [-0.05, 0) is 23.6 Å². The molecule has 2 heterocycles. The fourth-order valence-electron chi connectivity index (χ4n) is 2.14. The third kappa shape index (κ3) is 3.36. The lowest BCUT2D eigenvalue weighted by atomic mass is 10.3. The van der Waals surface area contributed by atoms with Gasteiger partial charge in [-0.1, -0.05) is 46.5 Å². The summed E-state index contributed by atoms with van der Waals surface area (Å²) >= 11 is 15.3. The summed E-state index contributed by atoms with van der Waals surface area (Å²) in [5, 5.41) is 3.02. The van der Waals surface area contributed by atoms with Gasteiger partial charge in [-0.3, -0.25) is 4.79 Å². The second-order valence-corrected chi connectivity index (χ2v) is 7.47. The first-order valence-corrected chi connectivity index (χ1v) is 9.06. The lowest BCUT2D eigenvalue weighted by Crippen LogP contribution is -2.17. The molecule has 116 valence electrons. The van der Waals surface area contributed by atoms with Gasteiger partial charge in [-0.2, -0.15) is 4.99 Å². The second kappa shape index (κ2) is 6.90. The number of nitrogens with zero attached hydrogens (tertiary/aromatic N) is 2. The fourth-order valence-corrected chi connectivity index (χ4v) is 4.50. The first-order valence-electron chi connectivity index (χ1n) is 6.61.